The lowest BCUT2D eigenvalue weighted by molar-refractivity contribution is -0.149. The largest absolute Gasteiger partial charge is 0.482 e. The van der Waals surface area contributed by atoms with Gasteiger partial charge in [0.05, 0.1) is 12.7 Å². The van der Waals surface area contributed by atoms with Crippen LogP contribution in [-0.2, 0) is 19.1 Å². The van der Waals surface area contributed by atoms with Crippen molar-refractivity contribution in [3.8, 4) is 5.75 Å². The Morgan fingerprint density at radius 3 is 2.25 bits per heavy atom. The van der Waals surface area contributed by atoms with E-state index in [1.165, 1.54) is 18.4 Å². The Hall–Kier alpha value is -2.87. The fourth-order valence-corrected chi connectivity index (χ4v) is 3.64. The highest BCUT2D eigenvalue weighted by Gasteiger charge is 2.22. The summed E-state index contributed by atoms with van der Waals surface area (Å²) in [6.45, 7) is 6.69. The first-order valence-corrected chi connectivity index (χ1v) is 9.37. The van der Waals surface area contributed by atoms with Gasteiger partial charge in [0, 0.05) is 4.88 Å². The summed E-state index contributed by atoms with van der Waals surface area (Å²) in [5, 5.41) is 2.96. The molecule has 1 heterocycles. The summed E-state index contributed by atoms with van der Waals surface area (Å²) in [7, 11) is 1.28. The molecule has 1 N–H and O–H groups in total. The molecule has 150 valence electrons. The van der Waals surface area contributed by atoms with Crippen molar-refractivity contribution < 1.29 is 28.6 Å². The number of benzene rings is 1. The molecule has 8 heteroatoms. The van der Waals surface area contributed by atoms with E-state index in [0.29, 0.717) is 16.3 Å². The summed E-state index contributed by atoms with van der Waals surface area (Å²) in [5.74, 6) is -1.19. The molecule has 1 aromatic heterocycles. The maximum absolute atomic E-state index is 12.1. The highest BCUT2D eigenvalue weighted by molar-refractivity contribution is 7.16. The fourth-order valence-electron chi connectivity index (χ4n) is 2.57. The van der Waals surface area contributed by atoms with Crippen LogP contribution in [0.15, 0.2) is 18.2 Å². The molecule has 0 aliphatic heterocycles. The molecule has 0 saturated carbocycles. The number of thiophene rings is 1. The van der Waals surface area contributed by atoms with Crippen molar-refractivity contribution in [3.05, 3.63) is 45.3 Å². The zero-order valence-corrected chi connectivity index (χ0v) is 17.3. The smallest absolute Gasteiger partial charge is 0.344 e. The van der Waals surface area contributed by atoms with Gasteiger partial charge in [0.2, 0.25) is 0 Å². The van der Waals surface area contributed by atoms with E-state index in [1.807, 2.05) is 39.0 Å². The Morgan fingerprint density at radius 2 is 1.64 bits per heavy atom. The molecule has 1 aromatic carbocycles. The summed E-state index contributed by atoms with van der Waals surface area (Å²) in [6.07, 6.45) is 0. The first-order chi connectivity index (χ1) is 13.2. The molecule has 0 radical (unpaired) electrons. The molecular formula is C20H23NO6S. The molecule has 7 nitrogen and oxygen atoms in total. The van der Waals surface area contributed by atoms with E-state index in [1.54, 1.807) is 6.92 Å². The van der Waals surface area contributed by atoms with Crippen LogP contribution in [-0.4, -0.2) is 38.2 Å². The number of amides is 1. The van der Waals surface area contributed by atoms with Crippen molar-refractivity contribution in [1.29, 1.82) is 0 Å². The van der Waals surface area contributed by atoms with Crippen molar-refractivity contribution in [2.24, 2.45) is 0 Å². The van der Waals surface area contributed by atoms with Crippen LogP contribution in [0.1, 0.15) is 31.9 Å². The van der Waals surface area contributed by atoms with E-state index < -0.39 is 24.5 Å². The second kappa shape index (κ2) is 9.36. The van der Waals surface area contributed by atoms with Crippen molar-refractivity contribution in [3.63, 3.8) is 0 Å². The van der Waals surface area contributed by atoms with Gasteiger partial charge in [-0.05, 0) is 56.5 Å². The van der Waals surface area contributed by atoms with E-state index in [4.69, 9.17) is 14.2 Å². The quantitative estimate of drug-likeness (QED) is 0.711. The van der Waals surface area contributed by atoms with E-state index in [-0.39, 0.29) is 6.61 Å². The Bertz CT molecular complexity index is 882. The number of carbonyl (C=O) groups excluding carboxylic acids is 3. The first kappa shape index (κ1) is 21.4. The van der Waals surface area contributed by atoms with Crippen LogP contribution in [0.2, 0.25) is 0 Å². The molecule has 0 bridgehead atoms. The van der Waals surface area contributed by atoms with Crippen molar-refractivity contribution in [2.75, 3.05) is 25.6 Å². The Morgan fingerprint density at radius 1 is 1.00 bits per heavy atom. The van der Waals surface area contributed by atoms with Crippen LogP contribution in [0, 0.1) is 27.7 Å². The number of hydrogen-bond donors (Lipinski definition) is 1. The molecule has 0 fully saturated rings. The Kier molecular flexibility index (Phi) is 7.17. The Balaban J connectivity index is 1.88. The lowest BCUT2D eigenvalue weighted by Crippen LogP contribution is -2.24. The van der Waals surface area contributed by atoms with Crippen molar-refractivity contribution in [2.45, 2.75) is 27.7 Å². The number of hydrogen-bond acceptors (Lipinski definition) is 7. The van der Waals surface area contributed by atoms with Gasteiger partial charge in [-0.3, -0.25) is 4.79 Å². The number of rotatable bonds is 7. The molecule has 0 unspecified atom stereocenters. The standard InChI is InChI=1S/C20H23NO6S/c1-11-6-12(2)8-15(7-11)26-10-17(23)27-9-16(22)21-19-18(20(24)25-5)13(3)14(4)28-19/h6-8H,9-10H2,1-5H3,(H,21,22). The molecular weight excluding hydrogens is 382 g/mol. The van der Waals surface area contributed by atoms with Crippen LogP contribution in [0.4, 0.5) is 5.00 Å². The van der Waals surface area contributed by atoms with Gasteiger partial charge in [0.1, 0.15) is 10.8 Å². The Labute approximate surface area is 167 Å². The summed E-state index contributed by atoms with van der Waals surface area (Å²) < 4.78 is 15.1. The van der Waals surface area contributed by atoms with Gasteiger partial charge in [0.25, 0.3) is 5.91 Å². The van der Waals surface area contributed by atoms with Gasteiger partial charge in [0.15, 0.2) is 13.2 Å². The van der Waals surface area contributed by atoms with Crippen molar-refractivity contribution in [1.82, 2.24) is 0 Å². The predicted octanol–water partition coefficient (Wildman–Crippen LogP) is 3.33. The monoisotopic (exact) mass is 405 g/mol. The number of nitrogens with one attached hydrogen (secondary N) is 1. The third-order valence-electron chi connectivity index (χ3n) is 3.94. The topological polar surface area (TPSA) is 90.9 Å². The van der Waals surface area contributed by atoms with E-state index in [0.717, 1.165) is 21.6 Å². The molecule has 2 rings (SSSR count). The molecule has 2 aromatic rings. The lowest BCUT2D eigenvalue weighted by Gasteiger charge is -2.09. The van der Waals surface area contributed by atoms with Gasteiger partial charge < -0.3 is 19.5 Å². The average Bonchev–Trinajstić information content (AvgIpc) is 2.90. The van der Waals surface area contributed by atoms with Crippen LogP contribution in [0.25, 0.3) is 0 Å². The van der Waals surface area contributed by atoms with Gasteiger partial charge in [-0.1, -0.05) is 6.07 Å². The second-order valence-corrected chi connectivity index (χ2v) is 7.52. The maximum atomic E-state index is 12.1. The van der Waals surface area contributed by atoms with Gasteiger partial charge in [-0.2, -0.15) is 0 Å². The zero-order chi connectivity index (χ0) is 20.8. The molecule has 0 saturated heterocycles. The van der Waals surface area contributed by atoms with E-state index in [2.05, 4.69) is 5.32 Å². The number of methoxy groups -OCH3 is 1. The number of carbonyl (C=O) groups is 3. The molecule has 28 heavy (non-hydrogen) atoms. The highest BCUT2D eigenvalue weighted by Crippen LogP contribution is 2.32. The third kappa shape index (κ3) is 5.56. The minimum atomic E-state index is -0.666. The van der Waals surface area contributed by atoms with Crippen molar-refractivity contribution >= 4 is 34.2 Å². The summed E-state index contributed by atoms with van der Waals surface area (Å²) in [5.41, 5.74) is 3.09. The van der Waals surface area contributed by atoms with Gasteiger partial charge in [-0.15, -0.1) is 11.3 Å². The minimum Gasteiger partial charge on any atom is -0.482 e. The van der Waals surface area contributed by atoms with Crippen LogP contribution < -0.4 is 10.1 Å². The molecule has 0 aliphatic carbocycles. The van der Waals surface area contributed by atoms with E-state index >= 15 is 0 Å². The van der Waals surface area contributed by atoms with Gasteiger partial charge in [-0.25, -0.2) is 9.59 Å². The normalized spacial score (nSPS) is 10.3. The molecule has 1 amide bonds. The van der Waals surface area contributed by atoms with E-state index in [9.17, 15) is 14.4 Å². The summed E-state index contributed by atoms with van der Waals surface area (Å²) >= 11 is 1.26. The summed E-state index contributed by atoms with van der Waals surface area (Å²) in [6, 6.07) is 5.61. The van der Waals surface area contributed by atoms with Crippen LogP contribution in [0.5, 0.6) is 5.75 Å². The third-order valence-corrected chi connectivity index (χ3v) is 5.07. The maximum Gasteiger partial charge on any atom is 0.344 e. The molecule has 0 atom stereocenters. The zero-order valence-electron chi connectivity index (χ0n) is 16.5. The molecule has 0 spiro atoms. The van der Waals surface area contributed by atoms with Gasteiger partial charge >= 0.3 is 11.9 Å². The predicted molar refractivity (Wildman–Crippen MR) is 106 cm³/mol. The van der Waals surface area contributed by atoms with Crippen LogP contribution >= 0.6 is 11.3 Å². The molecule has 0 aliphatic rings. The number of anilines is 1. The summed E-state index contributed by atoms with van der Waals surface area (Å²) in [4.78, 5) is 36.7. The minimum absolute atomic E-state index is 0.305. The number of aryl methyl sites for hydroxylation is 3. The highest BCUT2D eigenvalue weighted by atomic mass is 32.1. The fraction of sp³-hybridized carbons (Fsp3) is 0.350. The first-order valence-electron chi connectivity index (χ1n) is 8.56. The average molecular weight is 405 g/mol. The number of esters is 2. The SMILES string of the molecule is COC(=O)c1c(NC(=O)COC(=O)COc2cc(C)cc(C)c2)sc(C)c1C. The lowest BCUT2D eigenvalue weighted by atomic mass is 10.1. The number of ether oxygens (including phenoxy) is 3. The second-order valence-electron chi connectivity index (χ2n) is 6.30. The van der Waals surface area contributed by atoms with Crippen LogP contribution in [0.3, 0.4) is 0 Å².